The number of anilines is 1. The zero-order valence-electron chi connectivity index (χ0n) is 11.2. The fourth-order valence-corrected chi connectivity index (χ4v) is 2.06. The average Bonchev–Trinajstić information content (AvgIpc) is 2.70. The van der Waals surface area contributed by atoms with Crippen LogP contribution in [0.2, 0.25) is 5.02 Å². The first-order chi connectivity index (χ1) is 9.47. The van der Waals surface area contributed by atoms with Gasteiger partial charge in [-0.3, -0.25) is 4.79 Å². The second-order valence-corrected chi connectivity index (χ2v) is 4.91. The molecule has 0 spiro atoms. The maximum Gasteiger partial charge on any atom is 0.224 e. The van der Waals surface area contributed by atoms with Crippen LogP contribution >= 0.6 is 11.6 Å². The molecule has 0 radical (unpaired) electrons. The van der Waals surface area contributed by atoms with Gasteiger partial charge in [0.25, 0.3) is 0 Å². The topological polar surface area (TPSA) is 55.1 Å². The Morgan fingerprint density at radius 2 is 2.20 bits per heavy atom. The van der Waals surface area contributed by atoms with Crippen molar-refractivity contribution in [1.82, 2.24) is 5.16 Å². The molecule has 1 amide bonds. The molecule has 6 heteroatoms. The lowest BCUT2D eigenvalue weighted by Gasteiger charge is -2.06. The summed E-state index contributed by atoms with van der Waals surface area (Å²) in [6.07, 6.45) is 0.729. The summed E-state index contributed by atoms with van der Waals surface area (Å²) in [7, 11) is 0. The Hall–Kier alpha value is -1.88. The van der Waals surface area contributed by atoms with Crippen molar-refractivity contribution in [3.63, 3.8) is 0 Å². The summed E-state index contributed by atoms with van der Waals surface area (Å²) in [6.45, 7) is 3.62. The number of rotatable bonds is 4. The molecule has 0 unspecified atom stereocenters. The lowest BCUT2D eigenvalue weighted by atomic mass is 10.1. The van der Waals surface area contributed by atoms with Gasteiger partial charge in [-0.05, 0) is 38.5 Å². The minimum absolute atomic E-state index is 0.123. The smallest absolute Gasteiger partial charge is 0.224 e. The third-order valence-corrected chi connectivity index (χ3v) is 3.22. The SMILES string of the molecule is Cc1noc(C)c1CCC(=O)Nc1ccc(Cl)cc1F. The molecule has 20 heavy (non-hydrogen) atoms. The Bertz CT molecular complexity index is 621. The molecule has 0 aliphatic carbocycles. The van der Waals surface area contributed by atoms with Gasteiger partial charge in [0.05, 0.1) is 11.4 Å². The van der Waals surface area contributed by atoms with Crippen LogP contribution in [0.25, 0.3) is 0 Å². The minimum atomic E-state index is -0.553. The Morgan fingerprint density at radius 3 is 2.80 bits per heavy atom. The van der Waals surface area contributed by atoms with E-state index in [0.717, 1.165) is 17.3 Å². The van der Waals surface area contributed by atoms with Crippen LogP contribution in [0.1, 0.15) is 23.4 Å². The van der Waals surface area contributed by atoms with E-state index in [4.69, 9.17) is 16.1 Å². The highest BCUT2D eigenvalue weighted by molar-refractivity contribution is 6.30. The number of amides is 1. The molecule has 2 rings (SSSR count). The van der Waals surface area contributed by atoms with Crippen molar-refractivity contribution >= 4 is 23.2 Å². The van der Waals surface area contributed by atoms with Crippen molar-refractivity contribution in [2.75, 3.05) is 5.32 Å². The number of carbonyl (C=O) groups is 1. The summed E-state index contributed by atoms with van der Waals surface area (Å²) in [4.78, 5) is 11.8. The normalized spacial score (nSPS) is 10.6. The van der Waals surface area contributed by atoms with Crippen LogP contribution in [0.5, 0.6) is 0 Å². The molecule has 1 aromatic carbocycles. The van der Waals surface area contributed by atoms with Gasteiger partial charge in [-0.25, -0.2) is 4.39 Å². The average molecular weight is 297 g/mol. The maximum atomic E-state index is 13.5. The molecule has 0 aliphatic rings. The number of nitrogens with one attached hydrogen (secondary N) is 1. The summed E-state index contributed by atoms with van der Waals surface area (Å²) < 4.78 is 18.6. The molecule has 0 atom stereocenters. The van der Waals surface area contributed by atoms with Crippen molar-refractivity contribution in [3.05, 3.63) is 46.1 Å². The molecule has 106 valence electrons. The van der Waals surface area contributed by atoms with Gasteiger partial charge in [0.2, 0.25) is 5.91 Å². The number of halogens is 2. The predicted octanol–water partition coefficient (Wildman–Crippen LogP) is 3.66. The van der Waals surface area contributed by atoms with Crippen LogP contribution in [0.4, 0.5) is 10.1 Å². The van der Waals surface area contributed by atoms with E-state index < -0.39 is 5.82 Å². The number of benzene rings is 1. The highest BCUT2D eigenvalue weighted by atomic mass is 35.5. The van der Waals surface area contributed by atoms with Gasteiger partial charge in [-0.1, -0.05) is 16.8 Å². The standard InChI is InChI=1S/C14H14ClFN2O2/c1-8-11(9(2)20-18-8)4-6-14(19)17-13-5-3-10(15)7-12(13)16/h3,5,7H,4,6H2,1-2H3,(H,17,19). The Morgan fingerprint density at radius 1 is 1.45 bits per heavy atom. The first kappa shape index (κ1) is 14.5. The molecule has 1 heterocycles. The molecule has 1 N–H and O–H groups in total. The summed E-state index contributed by atoms with van der Waals surface area (Å²) in [6, 6.07) is 4.12. The van der Waals surface area contributed by atoms with Gasteiger partial charge in [-0.15, -0.1) is 0 Å². The van der Waals surface area contributed by atoms with E-state index in [0.29, 0.717) is 12.2 Å². The van der Waals surface area contributed by atoms with E-state index in [-0.39, 0.29) is 23.0 Å². The van der Waals surface area contributed by atoms with Gasteiger partial charge in [-0.2, -0.15) is 0 Å². The number of carbonyl (C=O) groups excluding carboxylic acids is 1. The summed E-state index contributed by atoms with van der Waals surface area (Å²) in [5, 5.41) is 6.62. The fourth-order valence-electron chi connectivity index (χ4n) is 1.90. The molecule has 0 aliphatic heterocycles. The second kappa shape index (κ2) is 6.05. The molecule has 0 fully saturated rings. The van der Waals surface area contributed by atoms with Gasteiger partial charge >= 0.3 is 0 Å². The van der Waals surface area contributed by atoms with Crippen molar-refractivity contribution in [2.24, 2.45) is 0 Å². The monoisotopic (exact) mass is 296 g/mol. The predicted molar refractivity (Wildman–Crippen MR) is 74.3 cm³/mol. The quantitative estimate of drug-likeness (QED) is 0.937. The Balaban J connectivity index is 1.96. The molecule has 0 saturated heterocycles. The van der Waals surface area contributed by atoms with Crippen molar-refractivity contribution < 1.29 is 13.7 Å². The van der Waals surface area contributed by atoms with Gasteiger partial charge < -0.3 is 9.84 Å². The third-order valence-electron chi connectivity index (χ3n) is 2.99. The Labute approximate surface area is 120 Å². The highest BCUT2D eigenvalue weighted by Crippen LogP contribution is 2.20. The summed E-state index contributed by atoms with van der Waals surface area (Å²) in [5.74, 6) is -0.123. The minimum Gasteiger partial charge on any atom is -0.361 e. The summed E-state index contributed by atoms with van der Waals surface area (Å²) >= 11 is 5.65. The van der Waals surface area contributed by atoms with Crippen LogP contribution in [0.15, 0.2) is 22.7 Å². The van der Waals surface area contributed by atoms with Crippen LogP contribution < -0.4 is 5.32 Å². The van der Waals surface area contributed by atoms with E-state index >= 15 is 0 Å². The second-order valence-electron chi connectivity index (χ2n) is 4.48. The van der Waals surface area contributed by atoms with Crippen molar-refractivity contribution in [2.45, 2.75) is 26.7 Å². The lowest BCUT2D eigenvalue weighted by Crippen LogP contribution is -2.13. The van der Waals surface area contributed by atoms with E-state index in [1.807, 2.05) is 6.92 Å². The van der Waals surface area contributed by atoms with Crippen LogP contribution in [0.3, 0.4) is 0 Å². The number of aryl methyl sites for hydroxylation is 2. The zero-order chi connectivity index (χ0) is 14.7. The van der Waals surface area contributed by atoms with Gasteiger partial charge in [0.1, 0.15) is 11.6 Å². The third kappa shape index (κ3) is 3.36. The molecule has 0 saturated carbocycles. The van der Waals surface area contributed by atoms with Gasteiger partial charge in [0, 0.05) is 17.0 Å². The first-order valence-electron chi connectivity index (χ1n) is 6.14. The molecule has 0 bridgehead atoms. The number of hydrogen-bond donors (Lipinski definition) is 1. The molecular formula is C14H14ClFN2O2. The van der Waals surface area contributed by atoms with Crippen molar-refractivity contribution in [3.8, 4) is 0 Å². The molecule has 1 aromatic heterocycles. The zero-order valence-corrected chi connectivity index (χ0v) is 11.9. The van der Waals surface area contributed by atoms with Crippen molar-refractivity contribution in [1.29, 1.82) is 0 Å². The fraction of sp³-hybridized carbons (Fsp3) is 0.286. The molecule has 2 aromatic rings. The van der Waals surface area contributed by atoms with Crippen LogP contribution in [0, 0.1) is 19.7 Å². The highest BCUT2D eigenvalue weighted by Gasteiger charge is 2.12. The Kier molecular flexibility index (Phi) is 4.39. The molecular weight excluding hydrogens is 283 g/mol. The summed E-state index contributed by atoms with van der Waals surface area (Å²) in [5.41, 5.74) is 1.81. The van der Waals surface area contributed by atoms with Crippen LogP contribution in [-0.2, 0) is 11.2 Å². The molecule has 4 nitrogen and oxygen atoms in total. The number of aromatic nitrogens is 1. The van der Waals surface area contributed by atoms with E-state index in [1.54, 1.807) is 6.92 Å². The van der Waals surface area contributed by atoms with E-state index in [9.17, 15) is 9.18 Å². The van der Waals surface area contributed by atoms with E-state index in [2.05, 4.69) is 10.5 Å². The lowest BCUT2D eigenvalue weighted by molar-refractivity contribution is -0.116. The number of nitrogens with zero attached hydrogens (tertiary/aromatic N) is 1. The maximum absolute atomic E-state index is 13.5. The van der Waals surface area contributed by atoms with Gasteiger partial charge in [0.15, 0.2) is 0 Å². The first-order valence-corrected chi connectivity index (χ1v) is 6.52. The largest absolute Gasteiger partial charge is 0.361 e. The number of hydrogen-bond acceptors (Lipinski definition) is 3. The van der Waals surface area contributed by atoms with E-state index in [1.165, 1.54) is 12.1 Å². The van der Waals surface area contributed by atoms with Crippen LogP contribution in [-0.4, -0.2) is 11.1 Å².